The predicted molar refractivity (Wildman–Crippen MR) is 98.2 cm³/mol. The molecule has 3 amide bonds. The molecule has 0 bridgehead atoms. The van der Waals surface area contributed by atoms with Gasteiger partial charge in [0.25, 0.3) is 0 Å². The van der Waals surface area contributed by atoms with Gasteiger partial charge in [0.2, 0.25) is 12.3 Å². The first-order chi connectivity index (χ1) is 12.1. The number of hydrazine groups is 1. The Morgan fingerprint density at radius 2 is 1.77 bits per heavy atom. The minimum Gasteiger partial charge on any atom is -0.442 e. The van der Waals surface area contributed by atoms with Gasteiger partial charge in [-0.15, -0.1) is 0 Å². The number of amides is 3. The van der Waals surface area contributed by atoms with Crippen LogP contribution in [0.2, 0.25) is 0 Å². The van der Waals surface area contributed by atoms with Crippen LogP contribution in [-0.2, 0) is 14.3 Å². The molecule has 1 atom stereocenters. The van der Waals surface area contributed by atoms with Crippen molar-refractivity contribution in [3.8, 4) is 0 Å². The number of hydrogen-bond donors (Lipinski definition) is 2. The second kappa shape index (κ2) is 12.5. The predicted octanol–water partition coefficient (Wildman–Crippen LogP) is 3.10. The van der Waals surface area contributed by atoms with Crippen LogP contribution in [0.4, 0.5) is 4.79 Å². The molecule has 0 unspecified atom stereocenters. The number of hydrogen-bond acceptors (Lipinski definition) is 5. The van der Waals surface area contributed by atoms with E-state index in [2.05, 4.69) is 5.43 Å². The Hall–Kier alpha value is -1.83. The van der Waals surface area contributed by atoms with Crippen molar-refractivity contribution in [1.29, 1.82) is 0 Å². The molecule has 0 spiro atoms. The standard InChI is InChI=1S/C18H35N3O5/c1-6-8-10-11-15(13-20(25)14-22)16(23)19-21(12-9-7-2)17(24)26-18(3,4)5/h14-15,25H,6-13H2,1-5H3,(H,19,23)/t15-/m1/s1. The number of carbonyl (C=O) groups is 3. The summed E-state index contributed by atoms with van der Waals surface area (Å²) in [4.78, 5) is 35.6. The van der Waals surface area contributed by atoms with Crippen molar-refractivity contribution in [2.24, 2.45) is 5.92 Å². The van der Waals surface area contributed by atoms with Crippen molar-refractivity contribution >= 4 is 18.4 Å². The van der Waals surface area contributed by atoms with Crippen LogP contribution < -0.4 is 5.43 Å². The molecule has 0 aliphatic rings. The number of nitrogens with zero attached hydrogens (tertiary/aromatic N) is 2. The normalized spacial score (nSPS) is 12.2. The fourth-order valence-corrected chi connectivity index (χ4v) is 2.27. The van der Waals surface area contributed by atoms with Crippen LogP contribution in [0.1, 0.15) is 73.1 Å². The fraction of sp³-hybridized carbons (Fsp3) is 0.833. The molecule has 26 heavy (non-hydrogen) atoms. The Morgan fingerprint density at radius 1 is 1.15 bits per heavy atom. The molecule has 0 saturated carbocycles. The first-order valence-electron chi connectivity index (χ1n) is 9.36. The molecule has 2 N–H and O–H groups in total. The van der Waals surface area contributed by atoms with Crippen LogP contribution in [0.25, 0.3) is 0 Å². The van der Waals surface area contributed by atoms with E-state index in [0.29, 0.717) is 24.4 Å². The molecule has 0 aliphatic carbocycles. The molecule has 0 fully saturated rings. The summed E-state index contributed by atoms with van der Waals surface area (Å²) in [6.07, 6.45) is 4.45. The highest BCUT2D eigenvalue weighted by Gasteiger charge is 2.27. The molecule has 8 heteroatoms. The van der Waals surface area contributed by atoms with Gasteiger partial charge in [-0.05, 0) is 33.6 Å². The van der Waals surface area contributed by atoms with E-state index < -0.39 is 23.5 Å². The number of hydroxylamine groups is 2. The molecule has 0 aliphatic heterocycles. The lowest BCUT2D eigenvalue weighted by atomic mass is 10.0. The average Bonchev–Trinajstić information content (AvgIpc) is 2.55. The van der Waals surface area contributed by atoms with Gasteiger partial charge in [-0.2, -0.15) is 0 Å². The number of carbonyl (C=O) groups excluding carboxylic acids is 3. The molecule has 0 heterocycles. The maximum atomic E-state index is 12.6. The molecule has 0 aromatic carbocycles. The fourth-order valence-electron chi connectivity index (χ4n) is 2.27. The molecular formula is C18H35N3O5. The summed E-state index contributed by atoms with van der Waals surface area (Å²) < 4.78 is 5.33. The minimum atomic E-state index is -0.674. The van der Waals surface area contributed by atoms with Gasteiger partial charge in [-0.1, -0.05) is 39.5 Å². The van der Waals surface area contributed by atoms with Gasteiger partial charge in [0.05, 0.1) is 12.5 Å². The van der Waals surface area contributed by atoms with E-state index in [0.717, 1.165) is 25.7 Å². The van der Waals surface area contributed by atoms with Gasteiger partial charge < -0.3 is 4.74 Å². The van der Waals surface area contributed by atoms with Gasteiger partial charge in [0, 0.05) is 6.54 Å². The van der Waals surface area contributed by atoms with Crippen molar-refractivity contribution in [2.45, 2.75) is 78.7 Å². The van der Waals surface area contributed by atoms with Crippen LogP contribution in [-0.4, -0.2) is 52.4 Å². The number of ether oxygens (including phenoxy) is 1. The zero-order valence-corrected chi connectivity index (χ0v) is 16.8. The first kappa shape index (κ1) is 24.2. The van der Waals surface area contributed by atoms with Crippen molar-refractivity contribution < 1.29 is 24.3 Å². The Kier molecular flexibility index (Phi) is 11.6. The van der Waals surface area contributed by atoms with E-state index in [-0.39, 0.29) is 13.0 Å². The maximum Gasteiger partial charge on any atom is 0.429 e. The van der Waals surface area contributed by atoms with Crippen LogP contribution in [0.15, 0.2) is 0 Å². The number of unbranched alkanes of at least 4 members (excludes halogenated alkanes) is 3. The van der Waals surface area contributed by atoms with Crippen molar-refractivity contribution in [3.05, 3.63) is 0 Å². The summed E-state index contributed by atoms with van der Waals surface area (Å²) in [5.74, 6) is -1.02. The molecule has 0 aromatic rings. The summed E-state index contributed by atoms with van der Waals surface area (Å²) in [5, 5.41) is 11.1. The minimum absolute atomic E-state index is 0.116. The topological polar surface area (TPSA) is 99.2 Å². The molecule has 152 valence electrons. The Labute approximate surface area is 156 Å². The quantitative estimate of drug-likeness (QED) is 0.251. The lowest BCUT2D eigenvalue weighted by Gasteiger charge is -2.29. The summed E-state index contributed by atoms with van der Waals surface area (Å²) in [7, 11) is 0. The number of nitrogens with one attached hydrogen (secondary N) is 1. The van der Waals surface area contributed by atoms with Gasteiger partial charge in [0.15, 0.2) is 0 Å². The smallest absolute Gasteiger partial charge is 0.429 e. The van der Waals surface area contributed by atoms with E-state index in [1.54, 1.807) is 20.8 Å². The Bertz CT molecular complexity index is 437. The molecule has 0 rings (SSSR count). The summed E-state index contributed by atoms with van der Waals surface area (Å²) >= 11 is 0. The van der Waals surface area contributed by atoms with Crippen molar-refractivity contribution in [1.82, 2.24) is 15.5 Å². The highest BCUT2D eigenvalue weighted by atomic mass is 16.6. The molecule has 0 aromatic heterocycles. The SMILES string of the molecule is CCCCC[C@H](CN(O)C=O)C(=O)NN(CCCC)C(=O)OC(C)(C)C. The largest absolute Gasteiger partial charge is 0.442 e. The first-order valence-corrected chi connectivity index (χ1v) is 9.36. The zero-order valence-electron chi connectivity index (χ0n) is 16.8. The monoisotopic (exact) mass is 373 g/mol. The van der Waals surface area contributed by atoms with Crippen LogP contribution in [0.5, 0.6) is 0 Å². The van der Waals surface area contributed by atoms with E-state index >= 15 is 0 Å². The second-order valence-electron chi connectivity index (χ2n) is 7.38. The van der Waals surface area contributed by atoms with Gasteiger partial charge in [0.1, 0.15) is 5.60 Å². The van der Waals surface area contributed by atoms with Gasteiger partial charge in [-0.3, -0.25) is 20.2 Å². The Morgan fingerprint density at radius 3 is 2.27 bits per heavy atom. The second-order valence-corrected chi connectivity index (χ2v) is 7.38. The van der Waals surface area contributed by atoms with Crippen LogP contribution >= 0.6 is 0 Å². The molecule has 0 radical (unpaired) electrons. The summed E-state index contributed by atoms with van der Waals surface area (Å²) in [5.41, 5.74) is 1.92. The Balaban J connectivity index is 5.03. The van der Waals surface area contributed by atoms with E-state index in [1.165, 1.54) is 5.01 Å². The lowest BCUT2D eigenvalue weighted by Crippen LogP contribution is -2.51. The van der Waals surface area contributed by atoms with E-state index in [9.17, 15) is 19.6 Å². The van der Waals surface area contributed by atoms with Crippen LogP contribution in [0, 0.1) is 5.92 Å². The number of rotatable bonds is 11. The third-order valence-electron chi connectivity index (χ3n) is 3.65. The lowest BCUT2D eigenvalue weighted by molar-refractivity contribution is -0.155. The van der Waals surface area contributed by atoms with Crippen molar-refractivity contribution in [2.75, 3.05) is 13.1 Å². The van der Waals surface area contributed by atoms with Crippen molar-refractivity contribution in [3.63, 3.8) is 0 Å². The van der Waals surface area contributed by atoms with Gasteiger partial charge >= 0.3 is 6.09 Å². The van der Waals surface area contributed by atoms with Gasteiger partial charge in [-0.25, -0.2) is 14.9 Å². The maximum absolute atomic E-state index is 12.6. The molecule has 8 nitrogen and oxygen atoms in total. The third kappa shape index (κ3) is 10.9. The molecular weight excluding hydrogens is 338 g/mol. The third-order valence-corrected chi connectivity index (χ3v) is 3.65. The summed E-state index contributed by atoms with van der Waals surface area (Å²) in [6.45, 7) is 9.51. The van der Waals surface area contributed by atoms with E-state index in [1.807, 2.05) is 13.8 Å². The van der Waals surface area contributed by atoms with E-state index in [4.69, 9.17) is 4.74 Å². The molecule has 0 saturated heterocycles. The highest BCUT2D eigenvalue weighted by molar-refractivity contribution is 5.81. The highest BCUT2D eigenvalue weighted by Crippen LogP contribution is 2.13. The average molecular weight is 373 g/mol. The zero-order chi connectivity index (χ0) is 20.2. The van der Waals surface area contributed by atoms with Crippen LogP contribution in [0.3, 0.4) is 0 Å². The summed E-state index contributed by atoms with van der Waals surface area (Å²) in [6, 6.07) is 0.